The molecule has 214 valence electrons. The van der Waals surface area contributed by atoms with Crippen molar-refractivity contribution in [2.45, 2.75) is 162 Å². The molecule has 0 spiro atoms. The third kappa shape index (κ3) is 19.1. The van der Waals surface area contributed by atoms with E-state index in [4.69, 9.17) is 13.3 Å². The smallest absolute Gasteiger partial charge is 0.374 e. The minimum Gasteiger partial charge on any atom is -0.374 e. The van der Waals surface area contributed by atoms with Gasteiger partial charge in [-0.2, -0.15) is 0 Å². The van der Waals surface area contributed by atoms with Crippen LogP contribution in [0.15, 0.2) is 0 Å². The fourth-order valence-corrected chi connectivity index (χ4v) is 8.53. The summed E-state index contributed by atoms with van der Waals surface area (Å²) in [6, 6.07) is 0. The van der Waals surface area contributed by atoms with Crippen molar-refractivity contribution in [1.29, 1.82) is 0 Å². The molecule has 0 aromatic rings. The number of hydrogen-bond acceptors (Lipinski definition) is 4. The summed E-state index contributed by atoms with van der Waals surface area (Å²) in [5, 5.41) is 3.74. The summed E-state index contributed by atoms with van der Waals surface area (Å²) in [7, 11) is -2.72. The first-order valence-electron chi connectivity index (χ1n) is 15.1. The van der Waals surface area contributed by atoms with Gasteiger partial charge in [0.25, 0.3) is 0 Å². The fourth-order valence-electron chi connectivity index (χ4n) is 5.05. The van der Waals surface area contributed by atoms with Gasteiger partial charge in [-0.3, -0.25) is 0 Å². The Kier molecular flexibility index (Phi) is 26.4. The fraction of sp³-hybridized carbons (Fsp3) is 1.00. The molecule has 1 unspecified atom stereocenters. The molecule has 0 saturated carbocycles. The molecule has 6 heteroatoms. The summed E-state index contributed by atoms with van der Waals surface area (Å²) < 4.78 is 19.1. The Hall–Kier alpha value is 0.347. The predicted octanol–water partition coefficient (Wildman–Crippen LogP) is 9.48. The average molecular weight is 538 g/mol. The lowest BCUT2D eigenvalue weighted by molar-refractivity contribution is 0.0549. The van der Waals surface area contributed by atoms with Crippen LogP contribution in [0.5, 0.6) is 0 Å². The standard InChI is InChI=1S/C29H63NO3Si.ClH/c1-8-13-14-15-16-17-18-19-20-21-22-23-24-25-28(27-29(6,7)30-26-9-2)34(31-10-3,32-11-4)33-12-5;/h28,30H,8-27H2,1-7H3;1H. The topological polar surface area (TPSA) is 39.7 Å². The van der Waals surface area contributed by atoms with Crippen molar-refractivity contribution in [3.8, 4) is 0 Å². The normalized spacial score (nSPS) is 13.1. The first kappa shape index (κ1) is 37.5. The van der Waals surface area contributed by atoms with Gasteiger partial charge in [-0.15, -0.1) is 12.4 Å². The van der Waals surface area contributed by atoms with E-state index in [0.717, 1.165) is 25.8 Å². The van der Waals surface area contributed by atoms with E-state index in [1.807, 2.05) is 0 Å². The summed E-state index contributed by atoms with van der Waals surface area (Å²) in [5.74, 6) is 0. The van der Waals surface area contributed by atoms with Crippen LogP contribution in [0.2, 0.25) is 5.54 Å². The zero-order chi connectivity index (χ0) is 25.5. The largest absolute Gasteiger partial charge is 0.504 e. The summed E-state index contributed by atoms with van der Waals surface area (Å²) in [6.45, 7) is 18.4. The molecule has 0 saturated heterocycles. The Morgan fingerprint density at radius 2 is 1.00 bits per heavy atom. The van der Waals surface area contributed by atoms with E-state index in [-0.39, 0.29) is 17.9 Å². The molecule has 4 nitrogen and oxygen atoms in total. The molecule has 35 heavy (non-hydrogen) atoms. The Balaban J connectivity index is 0. The molecule has 0 aromatic heterocycles. The van der Waals surface area contributed by atoms with E-state index in [1.165, 1.54) is 83.5 Å². The third-order valence-corrected chi connectivity index (χ3v) is 10.4. The van der Waals surface area contributed by atoms with E-state index < -0.39 is 8.80 Å². The Morgan fingerprint density at radius 1 is 0.600 bits per heavy atom. The van der Waals surface area contributed by atoms with Crippen LogP contribution in [-0.2, 0) is 13.3 Å². The molecule has 0 fully saturated rings. The highest BCUT2D eigenvalue weighted by molar-refractivity contribution is 6.62. The van der Waals surface area contributed by atoms with E-state index in [9.17, 15) is 0 Å². The van der Waals surface area contributed by atoms with Crippen LogP contribution in [0.25, 0.3) is 0 Å². The van der Waals surface area contributed by atoms with Crippen molar-refractivity contribution in [1.82, 2.24) is 5.32 Å². The van der Waals surface area contributed by atoms with Gasteiger partial charge >= 0.3 is 8.80 Å². The van der Waals surface area contributed by atoms with Crippen LogP contribution >= 0.6 is 12.4 Å². The van der Waals surface area contributed by atoms with Gasteiger partial charge in [-0.05, 0) is 60.4 Å². The van der Waals surface area contributed by atoms with Crippen molar-refractivity contribution < 1.29 is 13.3 Å². The molecule has 0 rings (SSSR count). The first-order chi connectivity index (χ1) is 16.4. The maximum atomic E-state index is 6.35. The maximum Gasteiger partial charge on any atom is 0.504 e. The van der Waals surface area contributed by atoms with Gasteiger partial charge in [0.05, 0.1) is 0 Å². The quantitative estimate of drug-likeness (QED) is 0.0880. The van der Waals surface area contributed by atoms with Gasteiger partial charge in [-0.25, -0.2) is 0 Å². The van der Waals surface area contributed by atoms with Gasteiger partial charge in [-0.1, -0.05) is 97.3 Å². The zero-order valence-corrected chi connectivity index (χ0v) is 26.7. The predicted molar refractivity (Wildman–Crippen MR) is 159 cm³/mol. The average Bonchev–Trinajstić information content (AvgIpc) is 2.80. The lowest BCUT2D eigenvalue weighted by Gasteiger charge is -2.39. The molecule has 0 radical (unpaired) electrons. The van der Waals surface area contributed by atoms with Gasteiger partial charge in [0.1, 0.15) is 0 Å². The molecule has 0 bridgehead atoms. The summed E-state index contributed by atoms with van der Waals surface area (Å²) in [4.78, 5) is 0. The Bertz CT molecular complexity index is 423. The monoisotopic (exact) mass is 537 g/mol. The van der Waals surface area contributed by atoms with Crippen molar-refractivity contribution in [2.75, 3.05) is 26.4 Å². The van der Waals surface area contributed by atoms with Crippen molar-refractivity contribution >= 4 is 21.2 Å². The Morgan fingerprint density at radius 3 is 1.37 bits per heavy atom. The third-order valence-electron chi connectivity index (χ3n) is 6.80. The van der Waals surface area contributed by atoms with Crippen molar-refractivity contribution in [2.24, 2.45) is 0 Å². The van der Waals surface area contributed by atoms with Crippen molar-refractivity contribution in [3.05, 3.63) is 0 Å². The molecule has 0 amide bonds. The molecule has 1 atom stereocenters. The van der Waals surface area contributed by atoms with Crippen LogP contribution in [0, 0.1) is 0 Å². The molecule has 0 aliphatic heterocycles. The number of rotatable bonds is 26. The molecular formula is C29H64ClNO3Si. The highest BCUT2D eigenvalue weighted by Gasteiger charge is 2.50. The van der Waals surface area contributed by atoms with Gasteiger partial charge in [0.15, 0.2) is 0 Å². The van der Waals surface area contributed by atoms with E-state index in [1.54, 1.807) is 0 Å². The number of halogens is 1. The van der Waals surface area contributed by atoms with Gasteiger partial charge in [0, 0.05) is 30.9 Å². The second kappa shape index (κ2) is 24.7. The highest BCUT2D eigenvalue weighted by Crippen LogP contribution is 2.38. The van der Waals surface area contributed by atoms with E-state index >= 15 is 0 Å². The SMILES string of the molecule is CCCCCCCCCCCCCCCC(CC(C)(C)NCCC)[Si](OCC)(OCC)OCC.Cl. The van der Waals surface area contributed by atoms with E-state index in [0.29, 0.717) is 25.4 Å². The Labute approximate surface area is 228 Å². The first-order valence-corrected chi connectivity index (χ1v) is 16.9. The molecule has 1 N–H and O–H groups in total. The summed E-state index contributed by atoms with van der Waals surface area (Å²) >= 11 is 0. The van der Waals surface area contributed by atoms with Crippen LogP contribution in [0.1, 0.15) is 151 Å². The van der Waals surface area contributed by atoms with Gasteiger partial charge in [0.2, 0.25) is 0 Å². The number of nitrogens with one attached hydrogen (secondary N) is 1. The summed E-state index contributed by atoms with van der Waals surface area (Å²) in [6.07, 6.45) is 21.4. The van der Waals surface area contributed by atoms with E-state index in [2.05, 4.69) is 53.8 Å². The zero-order valence-electron chi connectivity index (χ0n) is 24.9. The maximum absolute atomic E-state index is 6.35. The second-order valence-electron chi connectivity index (χ2n) is 10.6. The molecular weight excluding hydrogens is 474 g/mol. The van der Waals surface area contributed by atoms with Crippen LogP contribution in [-0.4, -0.2) is 40.7 Å². The summed E-state index contributed by atoms with van der Waals surface area (Å²) in [5.41, 5.74) is 0.403. The van der Waals surface area contributed by atoms with Crippen LogP contribution in [0.4, 0.5) is 0 Å². The molecule has 0 aliphatic rings. The molecule has 0 aromatic carbocycles. The number of unbranched alkanes of at least 4 members (excludes halogenated alkanes) is 12. The van der Waals surface area contributed by atoms with Crippen LogP contribution in [0.3, 0.4) is 0 Å². The minimum absolute atomic E-state index is 0. The lowest BCUT2D eigenvalue weighted by atomic mass is 9.95. The van der Waals surface area contributed by atoms with Gasteiger partial charge < -0.3 is 18.6 Å². The van der Waals surface area contributed by atoms with Crippen molar-refractivity contribution in [3.63, 3.8) is 0 Å². The highest BCUT2D eigenvalue weighted by atomic mass is 35.5. The minimum atomic E-state index is -2.72. The molecule has 0 aliphatic carbocycles. The molecule has 0 heterocycles. The van der Waals surface area contributed by atoms with Crippen LogP contribution < -0.4 is 5.32 Å². The lowest BCUT2D eigenvalue weighted by Crippen LogP contribution is -2.53. The second-order valence-corrected chi connectivity index (χ2v) is 13.5. The number of hydrogen-bond donors (Lipinski definition) is 1.